The summed E-state index contributed by atoms with van der Waals surface area (Å²) in [4.78, 5) is 21.8. The molecule has 1 aliphatic heterocycles. The van der Waals surface area contributed by atoms with Crippen LogP contribution in [0, 0.1) is 0 Å². The third-order valence-electron chi connectivity index (χ3n) is 7.15. The first kappa shape index (κ1) is 32.0. The zero-order valence-corrected chi connectivity index (χ0v) is 25.1. The molecule has 0 radical (unpaired) electrons. The van der Waals surface area contributed by atoms with Crippen molar-refractivity contribution >= 4 is 17.5 Å². The Morgan fingerprint density at radius 1 is 1.09 bits per heavy atom. The second-order valence-corrected chi connectivity index (χ2v) is 9.89. The number of azide groups is 1. The van der Waals surface area contributed by atoms with E-state index >= 15 is 0 Å². The number of hydrazine groups is 1. The van der Waals surface area contributed by atoms with E-state index in [4.69, 9.17) is 39.3 Å². The zero-order chi connectivity index (χ0) is 31.5. The lowest BCUT2D eigenvalue weighted by molar-refractivity contribution is -0.129. The van der Waals surface area contributed by atoms with Crippen molar-refractivity contribution in [3.8, 4) is 23.0 Å². The van der Waals surface area contributed by atoms with Crippen molar-refractivity contribution in [3.63, 3.8) is 0 Å². The van der Waals surface area contributed by atoms with Crippen LogP contribution in [0.15, 0.2) is 70.8 Å². The Morgan fingerprint density at radius 3 is 2.43 bits per heavy atom. The molecule has 3 N–H and O–H groups in total. The molecule has 0 fully saturated rings. The van der Waals surface area contributed by atoms with E-state index in [-0.39, 0.29) is 19.6 Å². The number of rotatable bonds is 15. The van der Waals surface area contributed by atoms with Gasteiger partial charge in [0.05, 0.1) is 27.9 Å². The van der Waals surface area contributed by atoms with Crippen LogP contribution in [0.5, 0.6) is 23.0 Å². The summed E-state index contributed by atoms with van der Waals surface area (Å²) in [5, 5.41) is 12.8. The Labute approximate surface area is 255 Å². The fraction of sp³-hybridized carbons (Fsp3) is 0.355. The predicted molar refractivity (Wildman–Crippen MR) is 163 cm³/mol. The normalized spacial score (nSPS) is 17.1. The van der Waals surface area contributed by atoms with Crippen molar-refractivity contribution in [2.45, 2.75) is 38.0 Å². The van der Waals surface area contributed by atoms with E-state index in [2.05, 4.69) is 20.9 Å². The molecule has 0 unspecified atom stereocenters. The number of carbonyl (C=O) groups is 1. The van der Waals surface area contributed by atoms with Crippen molar-refractivity contribution in [2.24, 2.45) is 10.1 Å². The van der Waals surface area contributed by atoms with Gasteiger partial charge in [0.1, 0.15) is 11.9 Å². The van der Waals surface area contributed by atoms with E-state index in [1.165, 1.54) is 21.3 Å². The van der Waals surface area contributed by atoms with Gasteiger partial charge in [0.2, 0.25) is 11.6 Å². The SMILES string of the molecule is COc1cc(CNNC(=O)[C@@]2(Cc3ccccc3N=[N+]=[N-])N=C(c3ccc(OCCCO)cc3)O[C@H]2C)cc(OC)c1OC. The third kappa shape index (κ3) is 7.14. The second kappa shape index (κ2) is 15.0. The van der Waals surface area contributed by atoms with E-state index in [9.17, 15) is 4.79 Å². The molecule has 0 bridgehead atoms. The lowest BCUT2D eigenvalue weighted by Gasteiger charge is -2.28. The standard InChI is InChI=1S/C31H36N6O7/c1-20-31(18-23-8-5-6-9-25(23)35-37-32,34-29(44-20)22-10-12-24(13-11-22)43-15-7-14-38)30(39)36-33-19-21-16-26(40-2)28(42-4)27(17-21)41-3/h5-6,8-13,16-17,20,33,38H,7,14-15,18-19H2,1-4H3,(H,36,39)/t20-,31-/m0/s1. The van der Waals surface area contributed by atoms with Crippen molar-refractivity contribution < 1.29 is 33.6 Å². The smallest absolute Gasteiger partial charge is 0.266 e. The maximum Gasteiger partial charge on any atom is 0.266 e. The Morgan fingerprint density at radius 2 is 1.80 bits per heavy atom. The molecule has 0 spiro atoms. The number of hydrogen-bond donors (Lipinski definition) is 3. The van der Waals surface area contributed by atoms with Gasteiger partial charge in [0, 0.05) is 42.2 Å². The molecule has 2 atom stereocenters. The molecule has 1 amide bonds. The average molecular weight is 605 g/mol. The predicted octanol–water partition coefficient (Wildman–Crippen LogP) is 4.38. The number of hydrogen-bond acceptors (Lipinski definition) is 10. The molecule has 1 heterocycles. The number of aliphatic imine (C=N–C) groups is 1. The summed E-state index contributed by atoms with van der Waals surface area (Å²) in [5.41, 5.74) is 15.9. The highest BCUT2D eigenvalue weighted by Crippen LogP contribution is 2.38. The molecule has 0 saturated heterocycles. The topological polar surface area (TPSA) is 169 Å². The number of nitrogens with one attached hydrogen (secondary N) is 2. The highest BCUT2D eigenvalue weighted by atomic mass is 16.5. The van der Waals surface area contributed by atoms with Crippen molar-refractivity contribution in [3.05, 3.63) is 87.8 Å². The summed E-state index contributed by atoms with van der Waals surface area (Å²) in [7, 11) is 4.59. The van der Waals surface area contributed by atoms with Gasteiger partial charge in [-0.05, 0) is 60.0 Å². The summed E-state index contributed by atoms with van der Waals surface area (Å²) in [6, 6.07) is 17.7. The molecule has 13 heteroatoms. The van der Waals surface area contributed by atoms with Crippen LogP contribution < -0.4 is 29.8 Å². The number of amides is 1. The lowest BCUT2D eigenvalue weighted by atomic mass is 9.85. The zero-order valence-electron chi connectivity index (χ0n) is 25.1. The van der Waals surface area contributed by atoms with Crippen molar-refractivity contribution in [2.75, 3.05) is 34.5 Å². The molecule has 44 heavy (non-hydrogen) atoms. The van der Waals surface area contributed by atoms with Gasteiger partial charge in [0.25, 0.3) is 5.91 Å². The van der Waals surface area contributed by atoms with Crippen molar-refractivity contribution in [1.82, 2.24) is 10.9 Å². The Hall–Kier alpha value is -4.97. The number of aliphatic hydroxyl groups is 1. The first-order valence-corrected chi connectivity index (χ1v) is 13.9. The number of nitrogens with zero attached hydrogens (tertiary/aromatic N) is 4. The average Bonchev–Trinajstić information content (AvgIpc) is 3.38. The number of methoxy groups -OCH3 is 3. The molecule has 0 aliphatic carbocycles. The minimum Gasteiger partial charge on any atom is -0.494 e. The lowest BCUT2D eigenvalue weighted by Crippen LogP contribution is -2.55. The van der Waals surface area contributed by atoms with Crippen LogP contribution in [0.4, 0.5) is 5.69 Å². The van der Waals surface area contributed by atoms with E-state index in [0.717, 1.165) is 5.56 Å². The summed E-state index contributed by atoms with van der Waals surface area (Å²) in [6.45, 7) is 2.45. The number of ether oxygens (including phenoxy) is 5. The monoisotopic (exact) mass is 604 g/mol. The number of aliphatic hydroxyl groups excluding tert-OH is 1. The van der Waals surface area contributed by atoms with Gasteiger partial charge in [-0.15, -0.1) is 0 Å². The summed E-state index contributed by atoms with van der Waals surface area (Å²) >= 11 is 0. The minimum absolute atomic E-state index is 0.0465. The molecule has 3 aromatic carbocycles. The van der Waals surface area contributed by atoms with Gasteiger partial charge in [0.15, 0.2) is 17.0 Å². The van der Waals surface area contributed by atoms with Crippen LogP contribution in [0.2, 0.25) is 0 Å². The first-order chi connectivity index (χ1) is 21.4. The Kier molecular flexibility index (Phi) is 10.9. The van der Waals surface area contributed by atoms with Crippen LogP contribution in [-0.4, -0.2) is 63.1 Å². The van der Waals surface area contributed by atoms with Crippen LogP contribution >= 0.6 is 0 Å². The molecule has 0 saturated carbocycles. The summed E-state index contributed by atoms with van der Waals surface area (Å²) < 4.78 is 28.1. The number of benzene rings is 3. The van der Waals surface area contributed by atoms with Crippen LogP contribution in [0.25, 0.3) is 10.4 Å². The van der Waals surface area contributed by atoms with Gasteiger partial charge in [-0.3, -0.25) is 10.2 Å². The van der Waals surface area contributed by atoms with Gasteiger partial charge >= 0.3 is 0 Å². The van der Waals surface area contributed by atoms with Crippen LogP contribution in [0.1, 0.15) is 30.0 Å². The van der Waals surface area contributed by atoms with Gasteiger partial charge < -0.3 is 28.8 Å². The highest BCUT2D eigenvalue weighted by Gasteiger charge is 2.50. The van der Waals surface area contributed by atoms with E-state index in [0.29, 0.717) is 58.7 Å². The highest BCUT2D eigenvalue weighted by molar-refractivity contribution is 6.00. The molecule has 232 valence electrons. The second-order valence-electron chi connectivity index (χ2n) is 9.89. The fourth-order valence-corrected chi connectivity index (χ4v) is 4.81. The van der Waals surface area contributed by atoms with Gasteiger partial charge in [-0.1, -0.05) is 29.4 Å². The minimum atomic E-state index is -1.41. The molecule has 0 aromatic heterocycles. The van der Waals surface area contributed by atoms with Crippen LogP contribution in [0.3, 0.4) is 0 Å². The van der Waals surface area contributed by atoms with Crippen LogP contribution in [-0.2, 0) is 22.5 Å². The molecule has 1 aliphatic rings. The van der Waals surface area contributed by atoms with Gasteiger partial charge in [-0.25, -0.2) is 10.4 Å². The Balaban J connectivity index is 1.61. The summed E-state index contributed by atoms with van der Waals surface area (Å²) in [5.74, 6) is 1.92. The molecule has 3 aromatic rings. The quantitative estimate of drug-likeness (QED) is 0.0755. The number of carbonyl (C=O) groups excluding carboxylic acids is 1. The molecular formula is C31H36N6O7. The van der Waals surface area contributed by atoms with E-state index < -0.39 is 17.6 Å². The van der Waals surface area contributed by atoms with E-state index in [1.807, 2.05) is 0 Å². The van der Waals surface area contributed by atoms with E-state index in [1.54, 1.807) is 67.6 Å². The largest absolute Gasteiger partial charge is 0.494 e. The molecular weight excluding hydrogens is 568 g/mol. The van der Waals surface area contributed by atoms with Gasteiger partial charge in [-0.2, -0.15) is 0 Å². The first-order valence-electron chi connectivity index (χ1n) is 13.9. The summed E-state index contributed by atoms with van der Waals surface area (Å²) in [6.07, 6.45) is -0.0510. The third-order valence-corrected chi connectivity index (χ3v) is 7.15. The maximum absolute atomic E-state index is 14.0. The molecule has 4 rings (SSSR count). The molecule has 13 nitrogen and oxygen atoms in total. The Bertz CT molecular complexity index is 1500. The maximum atomic E-state index is 14.0. The van der Waals surface area contributed by atoms with Crippen molar-refractivity contribution in [1.29, 1.82) is 0 Å². The fourth-order valence-electron chi connectivity index (χ4n) is 4.81.